The number of likely N-dealkylation sites (tertiary alicyclic amines) is 1. The number of carbonyl (C=O) groups is 2. The Labute approximate surface area is 176 Å². The standard InChI is InChI=1S/C22H32N4O4/c1-12(2)17(23)22(29)26-11-7-9-15(26)20(28)25-18(13(3)4)19(27)21-24-14-8-5-6-10-16(14)30-21/h5-6,8,10,12-13,15,17-19,27H,7,9,11,23H2,1-4H3,(H,25,28)/t15-,17-,18-,19?/m0/s1. The van der Waals surface area contributed by atoms with Gasteiger partial charge in [0, 0.05) is 6.54 Å². The van der Waals surface area contributed by atoms with E-state index in [1.165, 1.54) is 0 Å². The van der Waals surface area contributed by atoms with Gasteiger partial charge in [-0.05, 0) is 36.8 Å². The second-order valence-electron chi connectivity index (χ2n) is 8.70. The Morgan fingerprint density at radius 3 is 2.57 bits per heavy atom. The molecular weight excluding hydrogens is 384 g/mol. The van der Waals surface area contributed by atoms with Gasteiger partial charge in [0.25, 0.3) is 0 Å². The fraction of sp³-hybridized carbons (Fsp3) is 0.591. The van der Waals surface area contributed by atoms with Gasteiger partial charge in [0.15, 0.2) is 11.7 Å². The lowest BCUT2D eigenvalue weighted by Crippen LogP contribution is -2.55. The number of aliphatic hydroxyl groups is 1. The Balaban J connectivity index is 1.75. The summed E-state index contributed by atoms with van der Waals surface area (Å²) in [5, 5.41) is 13.8. The molecule has 0 bridgehead atoms. The van der Waals surface area contributed by atoms with Crippen molar-refractivity contribution in [1.82, 2.24) is 15.2 Å². The maximum atomic E-state index is 13.1. The summed E-state index contributed by atoms with van der Waals surface area (Å²) in [6, 6.07) is 5.43. The van der Waals surface area contributed by atoms with Crippen molar-refractivity contribution >= 4 is 22.9 Å². The van der Waals surface area contributed by atoms with E-state index in [2.05, 4.69) is 10.3 Å². The minimum atomic E-state index is -1.11. The van der Waals surface area contributed by atoms with Crippen LogP contribution in [0.1, 0.15) is 52.5 Å². The molecule has 1 aromatic heterocycles. The highest BCUT2D eigenvalue weighted by molar-refractivity contribution is 5.90. The van der Waals surface area contributed by atoms with E-state index < -0.39 is 24.2 Å². The summed E-state index contributed by atoms with van der Waals surface area (Å²) in [6.45, 7) is 8.10. The van der Waals surface area contributed by atoms with Crippen molar-refractivity contribution in [3.05, 3.63) is 30.2 Å². The van der Waals surface area contributed by atoms with Crippen LogP contribution in [0, 0.1) is 11.8 Å². The third-order valence-electron chi connectivity index (χ3n) is 5.77. The zero-order valence-corrected chi connectivity index (χ0v) is 18.0. The molecule has 1 saturated heterocycles. The number of aromatic nitrogens is 1. The van der Waals surface area contributed by atoms with E-state index in [4.69, 9.17) is 10.2 Å². The van der Waals surface area contributed by atoms with E-state index in [-0.39, 0.29) is 29.5 Å². The average Bonchev–Trinajstić information content (AvgIpc) is 3.36. The van der Waals surface area contributed by atoms with E-state index in [9.17, 15) is 14.7 Å². The molecule has 0 aliphatic carbocycles. The van der Waals surface area contributed by atoms with Crippen LogP contribution in [0.15, 0.2) is 28.7 Å². The molecule has 1 unspecified atom stereocenters. The van der Waals surface area contributed by atoms with Gasteiger partial charge in [0.2, 0.25) is 17.7 Å². The lowest BCUT2D eigenvalue weighted by molar-refractivity contribution is -0.140. The molecule has 1 aliphatic heterocycles. The molecule has 8 heteroatoms. The van der Waals surface area contributed by atoms with Gasteiger partial charge in [-0.25, -0.2) is 4.98 Å². The zero-order valence-electron chi connectivity index (χ0n) is 18.0. The molecule has 0 spiro atoms. The fourth-order valence-electron chi connectivity index (χ4n) is 3.82. The molecule has 4 N–H and O–H groups in total. The fourth-order valence-corrected chi connectivity index (χ4v) is 3.82. The Bertz CT molecular complexity index is 861. The van der Waals surface area contributed by atoms with Crippen LogP contribution in [-0.4, -0.2) is 51.5 Å². The second-order valence-corrected chi connectivity index (χ2v) is 8.70. The predicted molar refractivity (Wildman–Crippen MR) is 113 cm³/mol. The number of nitrogens with two attached hydrogens (primary N) is 1. The summed E-state index contributed by atoms with van der Waals surface area (Å²) >= 11 is 0. The number of fused-ring (bicyclic) bond motifs is 1. The van der Waals surface area contributed by atoms with Gasteiger partial charge in [-0.15, -0.1) is 0 Å². The molecule has 2 heterocycles. The number of nitrogens with one attached hydrogen (secondary N) is 1. The van der Waals surface area contributed by atoms with Crippen molar-refractivity contribution in [2.24, 2.45) is 17.6 Å². The predicted octanol–water partition coefficient (Wildman–Crippen LogP) is 1.98. The molecule has 8 nitrogen and oxygen atoms in total. The maximum Gasteiger partial charge on any atom is 0.243 e. The minimum Gasteiger partial charge on any atom is -0.438 e. The number of para-hydroxylation sites is 2. The second kappa shape index (κ2) is 9.14. The van der Waals surface area contributed by atoms with Crippen LogP contribution in [0.3, 0.4) is 0 Å². The first-order valence-electron chi connectivity index (χ1n) is 10.6. The first-order chi connectivity index (χ1) is 14.2. The summed E-state index contributed by atoms with van der Waals surface area (Å²) in [5.74, 6) is -0.418. The molecule has 1 aliphatic rings. The third kappa shape index (κ3) is 4.49. The van der Waals surface area contributed by atoms with Crippen LogP contribution in [0.5, 0.6) is 0 Å². The Morgan fingerprint density at radius 1 is 1.23 bits per heavy atom. The number of rotatable bonds is 7. The summed E-state index contributed by atoms with van der Waals surface area (Å²) in [5.41, 5.74) is 7.26. The number of hydrogen-bond acceptors (Lipinski definition) is 6. The van der Waals surface area contributed by atoms with Gasteiger partial charge < -0.3 is 25.5 Å². The highest BCUT2D eigenvalue weighted by Crippen LogP contribution is 2.26. The van der Waals surface area contributed by atoms with Gasteiger partial charge in [-0.2, -0.15) is 0 Å². The molecule has 4 atom stereocenters. The molecule has 2 amide bonds. The van der Waals surface area contributed by atoms with Crippen LogP contribution in [0.4, 0.5) is 0 Å². The number of hydrogen-bond donors (Lipinski definition) is 3. The van der Waals surface area contributed by atoms with Crippen molar-refractivity contribution in [2.45, 2.75) is 64.8 Å². The SMILES string of the molecule is CC(C)[C@H](NC(=O)[C@@H]1CCCN1C(=O)[C@@H](N)C(C)C)C(O)c1nc2ccccc2o1. The van der Waals surface area contributed by atoms with Gasteiger partial charge in [0.1, 0.15) is 11.6 Å². The lowest BCUT2D eigenvalue weighted by Gasteiger charge is -2.31. The molecule has 0 radical (unpaired) electrons. The van der Waals surface area contributed by atoms with E-state index in [1.54, 1.807) is 17.0 Å². The van der Waals surface area contributed by atoms with Crippen molar-refractivity contribution < 1.29 is 19.1 Å². The van der Waals surface area contributed by atoms with Crippen LogP contribution < -0.4 is 11.1 Å². The quantitative estimate of drug-likeness (QED) is 0.634. The monoisotopic (exact) mass is 416 g/mol. The van der Waals surface area contributed by atoms with Gasteiger partial charge in [-0.1, -0.05) is 39.8 Å². The van der Waals surface area contributed by atoms with Gasteiger partial charge in [0.05, 0.1) is 12.1 Å². The Morgan fingerprint density at radius 2 is 1.93 bits per heavy atom. The van der Waals surface area contributed by atoms with Crippen molar-refractivity contribution in [1.29, 1.82) is 0 Å². The number of carbonyl (C=O) groups excluding carboxylic acids is 2. The Hall–Kier alpha value is -2.45. The number of nitrogens with zero attached hydrogens (tertiary/aromatic N) is 2. The normalized spacial score (nSPS) is 20.0. The van der Waals surface area contributed by atoms with Gasteiger partial charge >= 0.3 is 0 Å². The van der Waals surface area contributed by atoms with E-state index >= 15 is 0 Å². The maximum absolute atomic E-state index is 13.1. The molecule has 0 saturated carbocycles. The summed E-state index contributed by atoms with van der Waals surface area (Å²) in [6.07, 6.45) is 0.214. The third-order valence-corrected chi connectivity index (χ3v) is 5.77. The highest BCUT2D eigenvalue weighted by atomic mass is 16.4. The summed E-state index contributed by atoms with van der Waals surface area (Å²) in [7, 11) is 0. The Kier molecular flexibility index (Phi) is 6.77. The van der Waals surface area contributed by atoms with Crippen LogP contribution in [-0.2, 0) is 9.59 Å². The molecule has 3 rings (SSSR count). The number of amides is 2. The molecule has 30 heavy (non-hydrogen) atoms. The van der Waals surface area contributed by atoms with E-state index in [0.717, 1.165) is 6.42 Å². The first-order valence-corrected chi connectivity index (χ1v) is 10.6. The van der Waals surface area contributed by atoms with Crippen LogP contribution in [0.2, 0.25) is 0 Å². The first kappa shape index (κ1) is 22.2. The average molecular weight is 417 g/mol. The smallest absolute Gasteiger partial charge is 0.243 e. The minimum absolute atomic E-state index is 0.00814. The largest absolute Gasteiger partial charge is 0.438 e. The molecule has 1 aromatic carbocycles. The van der Waals surface area contributed by atoms with Crippen LogP contribution >= 0.6 is 0 Å². The van der Waals surface area contributed by atoms with Crippen molar-refractivity contribution in [2.75, 3.05) is 6.54 Å². The van der Waals surface area contributed by atoms with E-state index in [1.807, 2.05) is 39.8 Å². The molecule has 164 valence electrons. The number of benzene rings is 1. The highest BCUT2D eigenvalue weighted by Gasteiger charge is 2.39. The van der Waals surface area contributed by atoms with E-state index in [0.29, 0.717) is 24.1 Å². The number of aliphatic hydroxyl groups excluding tert-OH is 1. The molecular formula is C22H32N4O4. The summed E-state index contributed by atoms with van der Waals surface area (Å²) < 4.78 is 5.69. The number of oxazole rings is 1. The van der Waals surface area contributed by atoms with Crippen LogP contribution in [0.25, 0.3) is 11.1 Å². The van der Waals surface area contributed by atoms with Crippen molar-refractivity contribution in [3.63, 3.8) is 0 Å². The summed E-state index contributed by atoms with van der Waals surface area (Å²) in [4.78, 5) is 31.7. The lowest BCUT2D eigenvalue weighted by atomic mass is 9.97. The molecule has 2 aromatic rings. The molecule has 1 fully saturated rings. The zero-order chi connectivity index (χ0) is 22.0. The topological polar surface area (TPSA) is 122 Å². The van der Waals surface area contributed by atoms with Crippen molar-refractivity contribution in [3.8, 4) is 0 Å². The van der Waals surface area contributed by atoms with Gasteiger partial charge in [-0.3, -0.25) is 9.59 Å².